The Balaban J connectivity index is 1.78. The second-order valence-electron chi connectivity index (χ2n) is 10.4. The number of hydrogen-bond acceptors (Lipinski definition) is 4. The monoisotopic (exact) mass is 519 g/mol. The predicted octanol–water partition coefficient (Wildman–Crippen LogP) is 6.07. The van der Waals surface area contributed by atoms with Gasteiger partial charge >= 0.3 is 6.03 Å². The standard InChI is InChI=1S/C27H38ClN3O3S/c1-7-18(2)15-30(26(33)29-27(4,5)6)16-25(32)31-12-10-24-21(11-13-35-24)23(31)17-34-20-8-9-22(28)19(3)14-20/h8-9,11,13-14,18,23H,7,10,12,15-17H2,1-6H3,(H,29,33)/t18-,23-/m0/s1. The first-order chi connectivity index (χ1) is 16.5. The molecule has 1 aromatic carbocycles. The normalized spacial score (nSPS) is 16.4. The van der Waals surface area contributed by atoms with Gasteiger partial charge in [0.1, 0.15) is 18.9 Å². The van der Waals surface area contributed by atoms with E-state index in [1.54, 1.807) is 16.2 Å². The summed E-state index contributed by atoms with van der Waals surface area (Å²) in [5.74, 6) is 0.963. The summed E-state index contributed by atoms with van der Waals surface area (Å²) in [5.41, 5.74) is 1.70. The fourth-order valence-corrected chi connectivity index (χ4v) is 5.18. The topological polar surface area (TPSA) is 61.9 Å². The number of hydrogen-bond donors (Lipinski definition) is 1. The average molecular weight is 520 g/mol. The Morgan fingerprint density at radius 2 is 2.06 bits per heavy atom. The Bertz CT molecular complexity index is 1030. The van der Waals surface area contributed by atoms with Gasteiger partial charge in [0, 0.05) is 28.5 Å². The molecule has 0 fully saturated rings. The van der Waals surface area contributed by atoms with Crippen LogP contribution in [0.3, 0.4) is 0 Å². The van der Waals surface area contributed by atoms with Crippen molar-refractivity contribution in [2.24, 2.45) is 5.92 Å². The van der Waals surface area contributed by atoms with Crippen LogP contribution in [-0.2, 0) is 11.2 Å². The maximum Gasteiger partial charge on any atom is 0.318 e. The van der Waals surface area contributed by atoms with Crippen molar-refractivity contribution in [2.75, 3.05) is 26.2 Å². The van der Waals surface area contributed by atoms with Crippen molar-refractivity contribution in [2.45, 2.75) is 66.0 Å². The van der Waals surface area contributed by atoms with Crippen LogP contribution in [0.5, 0.6) is 5.75 Å². The van der Waals surface area contributed by atoms with Gasteiger partial charge in [0.15, 0.2) is 0 Å². The van der Waals surface area contributed by atoms with Gasteiger partial charge in [0.2, 0.25) is 5.91 Å². The number of fused-ring (bicyclic) bond motifs is 1. The minimum Gasteiger partial charge on any atom is -0.491 e. The maximum absolute atomic E-state index is 13.6. The molecule has 2 aromatic rings. The Hall–Kier alpha value is -2.25. The fourth-order valence-electron chi connectivity index (χ4n) is 4.14. The molecule has 1 aliphatic heterocycles. The van der Waals surface area contributed by atoms with Crippen LogP contribution in [0.1, 0.15) is 63.1 Å². The largest absolute Gasteiger partial charge is 0.491 e. The summed E-state index contributed by atoms with van der Waals surface area (Å²) in [5, 5.41) is 5.79. The summed E-state index contributed by atoms with van der Waals surface area (Å²) in [6.45, 7) is 13.5. The van der Waals surface area contributed by atoms with Crippen LogP contribution in [0.15, 0.2) is 29.6 Å². The zero-order valence-electron chi connectivity index (χ0n) is 21.7. The molecule has 35 heavy (non-hydrogen) atoms. The van der Waals surface area contributed by atoms with Crippen molar-refractivity contribution in [3.05, 3.63) is 50.7 Å². The molecule has 1 N–H and O–H groups in total. The van der Waals surface area contributed by atoms with Crippen molar-refractivity contribution in [3.63, 3.8) is 0 Å². The van der Waals surface area contributed by atoms with E-state index in [0.717, 1.165) is 29.7 Å². The molecule has 3 rings (SSSR count). The average Bonchev–Trinajstić information content (AvgIpc) is 3.27. The van der Waals surface area contributed by atoms with E-state index >= 15 is 0 Å². The van der Waals surface area contributed by atoms with Crippen molar-refractivity contribution < 1.29 is 14.3 Å². The molecule has 0 saturated heterocycles. The van der Waals surface area contributed by atoms with Crippen LogP contribution in [0.2, 0.25) is 5.02 Å². The molecule has 8 heteroatoms. The number of aryl methyl sites for hydroxylation is 1. The van der Waals surface area contributed by atoms with Crippen LogP contribution in [-0.4, -0.2) is 53.5 Å². The lowest BCUT2D eigenvalue weighted by Gasteiger charge is -2.38. The first-order valence-electron chi connectivity index (χ1n) is 12.3. The second kappa shape index (κ2) is 11.7. The van der Waals surface area contributed by atoms with Crippen LogP contribution in [0.25, 0.3) is 0 Å². The Morgan fingerprint density at radius 1 is 1.31 bits per heavy atom. The molecule has 6 nitrogen and oxygen atoms in total. The fraction of sp³-hybridized carbons (Fsp3) is 0.556. The van der Waals surface area contributed by atoms with Gasteiger partial charge in [-0.2, -0.15) is 0 Å². The summed E-state index contributed by atoms with van der Waals surface area (Å²) in [7, 11) is 0. The number of carbonyl (C=O) groups is 2. The van der Waals surface area contributed by atoms with Crippen molar-refractivity contribution >= 4 is 34.9 Å². The predicted molar refractivity (Wildman–Crippen MR) is 143 cm³/mol. The van der Waals surface area contributed by atoms with Gasteiger partial charge in [-0.3, -0.25) is 4.79 Å². The molecule has 0 aliphatic carbocycles. The van der Waals surface area contributed by atoms with Crippen LogP contribution >= 0.6 is 22.9 Å². The van der Waals surface area contributed by atoms with Gasteiger partial charge in [0.25, 0.3) is 0 Å². The number of urea groups is 1. The van der Waals surface area contributed by atoms with E-state index in [1.807, 2.05) is 50.8 Å². The van der Waals surface area contributed by atoms with E-state index in [1.165, 1.54) is 4.88 Å². The molecule has 2 atom stereocenters. The quantitative estimate of drug-likeness (QED) is 0.460. The lowest BCUT2D eigenvalue weighted by Crippen LogP contribution is -2.53. The lowest BCUT2D eigenvalue weighted by molar-refractivity contribution is -0.135. The number of benzene rings is 1. The number of carbonyl (C=O) groups excluding carboxylic acids is 2. The number of rotatable bonds is 8. The van der Waals surface area contributed by atoms with E-state index in [-0.39, 0.29) is 30.1 Å². The highest BCUT2D eigenvalue weighted by atomic mass is 35.5. The zero-order valence-corrected chi connectivity index (χ0v) is 23.3. The highest BCUT2D eigenvalue weighted by Crippen LogP contribution is 2.34. The van der Waals surface area contributed by atoms with Gasteiger partial charge in [0.05, 0.1) is 6.04 Å². The summed E-state index contributed by atoms with van der Waals surface area (Å²) in [6, 6.07) is 7.27. The van der Waals surface area contributed by atoms with E-state index < -0.39 is 0 Å². The number of amides is 3. The molecule has 0 spiro atoms. The van der Waals surface area contributed by atoms with E-state index in [4.69, 9.17) is 16.3 Å². The summed E-state index contributed by atoms with van der Waals surface area (Å²) >= 11 is 7.88. The van der Waals surface area contributed by atoms with Gasteiger partial charge in [-0.05, 0) is 80.8 Å². The first kappa shape index (κ1) is 27.3. The number of thiophene rings is 1. The van der Waals surface area contributed by atoms with Crippen molar-refractivity contribution in [3.8, 4) is 5.75 Å². The number of ether oxygens (including phenoxy) is 1. The Labute approximate surface area is 218 Å². The molecule has 1 aromatic heterocycles. The number of halogens is 1. The minimum absolute atomic E-state index is 0.0439. The molecular formula is C27H38ClN3O3S. The van der Waals surface area contributed by atoms with Crippen LogP contribution in [0, 0.1) is 12.8 Å². The van der Waals surface area contributed by atoms with Crippen LogP contribution in [0.4, 0.5) is 4.79 Å². The second-order valence-corrected chi connectivity index (χ2v) is 11.9. The third-order valence-electron chi connectivity index (χ3n) is 6.28. The Morgan fingerprint density at radius 3 is 2.71 bits per heavy atom. The van der Waals surface area contributed by atoms with E-state index in [0.29, 0.717) is 30.6 Å². The highest BCUT2D eigenvalue weighted by Gasteiger charge is 2.34. The number of nitrogens with zero attached hydrogens (tertiary/aromatic N) is 2. The van der Waals surface area contributed by atoms with Gasteiger partial charge in [-0.25, -0.2) is 4.79 Å². The summed E-state index contributed by atoms with van der Waals surface area (Å²) < 4.78 is 6.15. The van der Waals surface area contributed by atoms with Crippen LogP contribution < -0.4 is 10.1 Å². The van der Waals surface area contributed by atoms with E-state index in [9.17, 15) is 9.59 Å². The molecule has 1 aliphatic rings. The number of nitrogens with one attached hydrogen (secondary N) is 1. The first-order valence-corrected chi connectivity index (χ1v) is 13.6. The van der Waals surface area contributed by atoms with Gasteiger partial charge < -0.3 is 19.9 Å². The third kappa shape index (κ3) is 7.37. The van der Waals surface area contributed by atoms with Gasteiger partial charge in [-0.15, -0.1) is 11.3 Å². The summed E-state index contributed by atoms with van der Waals surface area (Å²) in [6.07, 6.45) is 1.75. The van der Waals surface area contributed by atoms with Crippen molar-refractivity contribution in [1.29, 1.82) is 0 Å². The third-order valence-corrected chi connectivity index (χ3v) is 7.70. The molecule has 0 bridgehead atoms. The molecular weight excluding hydrogens is 482 g/mol. The molecule has 2 heterocycles. The maximum atomic E-state index is 13.6. The minimum atomic E-state index is -0.377. The molecule has 0 unspecified atom stereocenters. The Kier molecular flexibility index (Phi) is 9.11. The van der Waals surface area contributed by atoms with Gasteiger partial charge in [-0.1, -0.05) is 31.9 Å². The van der Waals surface area contributed by atoms with E-state index in [2.05, 4.69) is 30.6 Å². The summed E-state index contributed by atoms with van der Waals surface area (Å²) in [4.78, 5) is 31.5. The zero-order chi connectivity index (χ0) is 25.8. The highest BCUT2D eigenvalue weighted by molar-refractivity contribution is 7.10. The SMILES string of the molecule is CC[C@H](C)CN(CC(=O)N1CCc2sccc2[C@@H]1COc1ccc(Cl)c(C)c1)C(=O)NC(C)(C)C. The molecule has 192 valence electrons. The molecule has 3 amide bonds. The molecule has 0 radical (unpaired) electrons. The molecule has 0 saturated carbocycles. The van der Waals surface area contributed by atoms with Crippen molar-refractivity contribution in [1.82, 2.24) is 15.1 Å². The smallest absolute Gasteiger partial charge is 0.318 e. The lowest BCUT2D eigenvalue weighted by atomic mass is 10.00.